The van der Waals surface area contributed by atoms with E-state index in [1.165, 1.54) is 6.92 Å². The van der Waals surface area contributed by atoms with Crippen LogP contribution in [0.25, 0.3) is 10.9 Å². The number of carbonyl (C=O) groups excluding carboxylic acids is 3. The first kappa shape index (κ1) is 24.9. The molecule has 2 heterocycles. The van der Waals surface area contributed by atoms with E-state index in [1.54, 1.807) is 18.2 Å². The fraction of sp³-hybridized carbons (Fsp3) is 0.308. The van der Waals surface area contributed by atoms with Crippen LogP contribution in [0.15, 0.2) is 53.7 Å². The maximum Gasteiger partial charge on any atom is 0.332 e. The van der Waals surface area contributed by atoms with Crippen LogP contribution >= 0.6 is 0 Å². The van der Waals surface area contributed by atoms with E-state index in [9.17, 15) is 14.4 Å². The summed E-state index contributed by atoms with van der Waals surface area (Å²) in [4.78, 5) is 45.0. The second-order valence-electron chi connectivity index (χ2n) is 9.13. The highest BCUT2D eigenvalue weighted by molar-refractivity contribution is 6.03. The summed E-state index contributed by atoms with van der Waals surface area (Å²) < 4.78 is 1.93. The van der Waals surface area contributed by atoms with Gasteiger partial charge in [0, 0.05) is 55.1 Å². The van der Waals surface area contributed by atoms with Gasteiger partial charge in [-0.15, -0.1) is 0 Å². The Morgan fingerprint density at radius 3 is 2.39 bits per heavy atom. The van der Waals surface area contributed by atoms with Crippen molar-refractivity contribution in [3.05, 3.63) is 70.9 Å². The standard InChI is InChI=1S/C26H30N6O4/c1-16(33)36-29-24(27)20-9-8-19-12-23(26(35)31(3)21-10-11-30(2)15-21)32(22(19)13-20)14-17-4-6-18(7-5-17)25(28)34/h4-9,12-13,21H,10-11,14-15H2,1-3H3,(H2,27,29)(H2,28,34). The van der Waals surface area contributed by atoms with Gasteiger partial charge in [-0.2, -0.15) is 0 Å². The molecule has 3 aromatic rings. The van der Waals surface area contributed by atoms with Crippen LogP contribution in [0.2, 0.25) is 0 Å². The van der Waals surface area contributed by atoms with Crippen LogP contribution in [0, 0.1) is 0 Å². The van der Waals surface area contributed by atoms with Gasteiger partial charge < -0.3 is 30.7 Å². The predicted molar refractivity (Wildman–Crippen MR) is 136 cm³/mol. The van der Waals surface area contributed by atoms with Crippen molar-refractivity contribution in [2.24, 2.45) is 16.6 Å². The van der Waals surface area contributed by atoms with Gasteiger partial charge in [-0.1, -0.05) is 29.4 Å². The zero-order valence-electron chi connectivity index (χ0n) is 20.6. The SMILES string of the molecule is CC(=O)ON=C(N)c1ccc2cc(C(=O)N(C)C3CCN(C)C3)n(Cc3ccc(C(N)=O)cc3)c2c1. The summed E-state index contributed by atoms with van der Waals surface area (Å²) >= 11 is 0. The van der Waals surface area contributed by atoms with Crippen molar-refractivity contribution in [1.29, 1.82) is 0 Å². The van der Waals surface area contributed by atoms with Gasteiger partial charge in [-0.25, -0.2) is 4.79 Å². The number of nitrogens with zero attached hydrogens (tertiary/aromatic N) is 4. The van der Waals surface area contributed by atoms with Crippen LogP contribution < -0.4 is 11.5 Å². The summed E-state index contributed by atoms with van der Waals surface area (Å²) in [5, 5.41) is 4.54. The van der Waals surface area contributed by atoms with Crippen molar-refractivity contribution in [2.75, 3.05) is 27.2 Å². The maximum absolute atomic E-state index is 13.7. The molecular weight excluding hydrogens is 460 g/mol. The number of primary amides is 1. The largest absolute Gasteiger partial charge is 0.380 e. The number of hydrogen-bond acceptors (Lipinski definition) is 6. The summed E-state index contributed by atoms with van der Waals surface area (Å²) in [5.41, 5.74) is 14.6. The Balaban J connectivity index is 1.76. The minimum absolute atomic E-state index is 0.0460. The van der Waals surface area contributed by atoms with Crippen LogP contribution in [-0.2, 0) is 16.2 Å². The second-order valence-corrected chi connectivity index (χ2v) is 9.13. The van der Waals surface area contributed by atoms with Crippen molar-refractivity contribution in [3.8, 4) is 0 Å². The molecule has 0 aliphatic carbocycles. The normalized spacial score (nSPS) is 16.3. The molecule has 0 radical (unpaired) electrons. The molecule has 10 heteroatoms. The molecule has 1 atom stereocenters. The number of fused-ring (bicyclic) bond motifs is 1. The molecule has 0 bridgehead atoms. The molecule has 1 aliphatic heterocycles. The Labute approximate surface area is 209 Å². The zero-order valence-corrected chi connectivity index (χ0v) is 20.6. The number of hydrogen-bond donors (Lipinski definition) is 2. The molecule has 188 valence electrons. The van der Waals surface area contributed by atoms with Crippen molar-refractivity contribution in [2.45, 2.75) is 25.9 Å². The molecule has 2 aromatic carbocycles. The van der Waals surface area contributed by atoms with Crippen molar-refractivity contribution in [1.82, 2.24) is 14.4 Å². The Kier molecular flexibility index (Phi) is 7.07. The van der Waals surface area contributed by atoms with E-state index in [-0.39, 0.29) is 17.8 Å². The highest BCUT2D eigenvalue weighted by Crippen LogP contribution is 2.25. The van der Waals surface area contributed by atoms with Crippen molar-refractivity contribution >= 4 is 34.5 Å². The van der Waals surface area contributed by atoms with Crippen molar-refractivity contribution in [3.63, 3.8) is 0 Å². The molecule has 1 aliphatic rings. The zero-order chi connectivity index (χ0) is 26.0. The molecule has 4 rings (SSSR count). The first-order valence-electron chi connectivity index (χ1n) is 11.6. The van der Waals surface area contributed by atoms with Crippen LogP contribution in [0.4, 0.5) is 0 Å². The monoisotopic (exact) mass is 490 g/mol. The average Bonchev–Trinajstić information content (AvgIpc) is 3.45. The van der Waals surface area contributed by atoms with E-state index in [4.69, 9.17) is 11.5 Å². The Morgan fingerprint density at radius 1 is 1.08 bits per heavy atom. The first-order chi connectivity index (χ1) is 17.1. The van der Waals surface area contributed by atoms with Crippen molar-refractivity contribution < 1.29 is 19.2 Å². The highest BCUT2D eigenvalue weighted by Gasteiger charge is 2.29. The minimum Gasteiger partial charge on any atom is -0.380 e. The average molecular weight is 491 g/mol. The number of benzene rings is 2. The van der Waals surface area contributed by atoms with Gasteiger partial charge >= 0.3 is 5.97 Å². The second kappa shape index (κ2) is 10.2. The van der Waals surface area contributed by atoms with Crippen LogP contribution in [0.5, 0.6) is 0 Å². The molecule has 1 aromatic heterocycles. The summed E-state index contributed by atoms with van der Waals surface area (Å²) in [6, 6.07) is 14.4. The summed E-state index contributed by atoms with van der Waals surface area (Å²) in [7, 11) is 3.89. The van der Waals surface area contributed by atoms with Crippen LogP contribution in [-0.4, -0.2) is 71.2 Å². The van der Waals surface area contributed by atoms with Gasteiger partial charge in [0.1, 0.15) is 5.69 Å². The number of rotatable bonds is 7. The van der Waals surface area contributed by atoms with Gasteiger partial charge in [0.05, 0.1) is 0 Å². The summed E-state index contributed by atoms with van der Waals surface area (Å²) in [5.74, 6) is -1.11. The Hall–Kier alpha value is -4.18. The van der Waals surface area contributed by atoms with Gasteiger partial charge in [-0.05, 0) is 49.8 Å². The number of amides is 2. The molecule has 1 saturated heterocycles. The fourth-order valence-corrected chi connectivity index (χ4v) is 4.46. The van der Waals surface area contributed by atoms with Gasteiger partial charge in [0.2, 0.25) is 5.91 Å². The van der Waals surface area contributed by atoms with E-state index in [0.717, 1.165) is 36.0 Å². The number of amidine groups is 1. The molecular formula is C26H30N6O4. The third-order valence-electron chi connectivity index (χ3n) is 6.51. The number of aromatic nitrogens is 1. The summed E-state index contributed by atoms with van der Waals surface area (Å²) in [6.45, 7) is 3.39. The minimum atomic E-state index is -0.574. The van der Waals surface area contributed by atoms with E-state index in [1.807, 2.05) is 53.9 Å². The topological polar surface area (TPSA) is 136 Å². The van der Waals surface area contributed by atoms with E-state index >= 15 is 0 Å². The predicted octanol–water partition coefficient (Wildman–Crippen LogP) is 1.75. The van der Waals surface area contributed by atoms with E-state index in [0.29, 0.717) is 23.4 Å². The smallest absolute Gasteiger partial charge is 0.332 e. The fourth-order valence-electron chi connectivity index (χ4n) is 4.46. The molecule has 0 saturated carbocycles. The maximum atomic E-state index is 13.7. The Morgan fingerprint density at radius 2 is 1.78 bits per heavy atom. The molecule has 1 unspecified atom stereocenters. The van der Waals surface area contributed by atoms with E-state index < -0.39 is 11.9 Å². The molecule has 10 nitrogen and oxygen atoms in total. The lowest BCUT2D eigenvalue weighted by molar-refractivity contribution is -0.140. The quantitative estimate of drug-likeness (QED) is 0.224. The number of carbonyl (C=O) groups is 3. The van der Waals surface area contributed by atoms with Crippen LogP contribution in [0.3, 0.4) is 0 Å². The molecule has 36 heavy (non-hydrogen) atoms. The third-order valence-corrected chi connectivity index (χ3v) is 6.51. The van der Waals surface area contributed by atoms with E-state index in [2.05, 4.69) is 14.9 Å². The number of likely N-dealkylation sites (N-methyl/N-ethyl adjacent to an activating group) is 2. The molecule has 0 spiro atoms. The lowest BCUT2D eigenvalue weighted by Gasteiger charge is -2.25. The number of nitrogens with two attached hydrogens (primary N) is 2. The first-order valence-corrected chi connectivity index (χ1v) is 11.6. The van der Waals surface area contributed by atoms with Gasteiger partial charge in [0.25, 0.3) is 5.91 Å². The number of oxime groups is 1. The van der Waals surface area contributed by atoms with Gasteiger partial charge in [0.15, 0.2) is 5.84 Å². The van der Waals surface area contributed by atoms with Gasteiger partial charge in [-0.3, -0.25) is 9.59 Å². The Bertz CT molecular complexity index is 1340. The molecule has 1 fully saturated rings. The molecule has 2 amide bonds. The molecule has 4 N–H and O–H groups in total. The third kappa shape index (κ3) is 5.23. The lowest BCUT2D eigenvalue weighted by atomic mass is 10.1. The lowest BCUT2D eigenvalue weighted by Crippen LogP contribution is -2.39. The highest BCUT2D eigenvalue weighted by atomic mass is 16.7. The van der Waals surface area contributed by atoms with Crippen LogP contribution in [0.1, 0.15) is 45.3 Å². The summed E-state index contributed by atoms with van der Waals surface area (Å²) in [6.07, 6.45) is 0.918. The number of likely N-dealkylation sites (tertiary alicyclic amines) is 1.